The van der Waals surface area contributed by atoms with E-state index < -0.39 is 0 Å². The first kappa shape index (κ1) is 13.3. The standard InChI is InChI=1S/C14H28N2O/c1-16(9-10-17-12-14-4-5-14)8-2-3-13-6-7-15-11-13/h13-15H,2-12H2,1H3. The summed E-state index contributed by atoms with van der Waals surface area (Å²) in [7, 11) is 2.22. The number of nitrogens with one attached hydrogen (secondary N) is 1. The molecule has 17 heavy (non-hydrogen) atoms. The number of hydrogen-bond donors (Lipinski definition) is 1. The van der Waals surface area contributed by atoms with E-state index in [9.17, 15) is 0 Å². The summed E-state index contributed by atoms with van der Waals surface area (Å²) in [6, 6.07) is 0. The van der Waals surface area contributed by atoms with E-state index in [1.807, 2.05) is 0 Å². The first-order chi connectivity index (χ1) is 8.34. The molecule has 0 amide bonds. The van der Waals surface area contributed by atoms with E-state index in [2.05, 4.69) is 17.3 Å². The predicted molar refractivity (Wildman–Crippen MR) is 71.3 cm³/mol. The maximum Gasteiger partial charge on any atom is 0.0593 e. The van der Waals surface area contributed by atoms with Gasteiger partial charge in [-0.15, -0.1) is 0 Å². The largest absolute Gasteiger partial charge is 0.380 e. The number of rotatable bonds is 9. The van der Waals surface area contributed by atoms with Gasteiger partial charge in [0.1, 0.15) is 0 Å². The fourth-order valence-electron chi connectivity index (χ4n) is 2.48. The Morgan fingerprint density at radius 1 is 1.18 bits per heavy atom. The van der Waals surface area contributed by atoms with Gasteiger partial charge in [-0.3, -0.25) is 0 Å². The Labute approximate surface area is 106 Å². The van der Waals surface area contributed by atoms with E-state index in [1.54, 1.807) is 0 Å². The van der Waals surface area contributed by atoms with Gasteiger partial charge in [0, 0.05) is 13.2 Å². The smallest absolute Gasteiger partial charge is 0.0593 e. The van der Waals surface area contributed by atoms with Crippen molar-refractivity contribution < 1.29 is 4.74 Å². The summed E-state index contributed by atoms with van der Waals surface area (Å²) in [6.07, 6.45) is 6.90. The minimum Gasteiger partial charge on any atom is -0.380 e. The molecule has 3 nitrogen and oxygen atoms in total. The molecule has 0 radical (unpaired) electrons. The van der Waals surface area contributed by atoms with Gasteiger partial charge in [-0.25, -0.2) is 0 Å². The molecule has 1 saturated heterocycles. The third-order valence-corrected chi connectivity index (χ3v) is 3.98. The maximum atomic E-state index is 5.66. The van der Waals surface area contributed by atoms with E-state index in [1.165, 1.54) is 51.7 Å². The second-order valence-electron chi connectivity index (χ2n) is 5.82. The van der Waals surface area contributed by atoms with Crippen molar-refractivity contribution in [1.82, 2.24) is 10.2 Å². The number of likely N-dealkylation sites (N-methyl/N-ethyl adjacent to an activating group) is 1. The summed E-state index contributed by atoms with van der Waals surface area (Å²) in [5.41, 5.74) is 0. The molecule has 1 unspecified atom stereocenters. The van der Waals surface area contributed by atoms with E-state index in [4.69, 9.17) is 4.74 Å². The van der Waals surface area contributed by atoms with Crippen LogP contribution in [-0.4, -0.2) is 51.3 Å². The monoisotopic (exact) mass is 240 g/mol. The van der Waals surface area contributed by atoms with Crippen molar-refractivity contribution in [3.8, 4) is 0 Å². The summed E-state index contributed by atoms with van der Waals surface area (Å²) >= 11 is 0. The minimum atomic E-state index is 0.898. The van der Waals surface area contributed by atoms with Gasteiger partial charge in [-0.05, 0) is 70.6 Å². The van der Waals surface area contributed by atoms with Crippen LogP contribution in [0.4, 0.5) is 0 Å². The average Bonchev–Trinajstić information content (AvgIpc) is 3.00. The molecule has 2 rings (SSSR count). The Morgan fingerprint density at radius 2 is 2.06 bits per heavy atom. The van der Waals surface area contributed by atoms with Crippen LogP contribution in [0.15, 0.2) is 0 Å². The third kappa shape index (κ3) is 5.84. The molecule has 1 heterocycles. The van der Waals surface area contributed by atoms with Crippen LogP contribution in [-0.2, 0) is 4.74 Å². The van der Waals surface area contributed by atoms with Crippen molar-refractivity contribution in [3.05, 3.63) is 0 Å². The summed E-state index contributed by atoms with van der Waals surface area (Å²) in [5.74, 6) is 1.84. The SMILES string of the molecule is CN(CCCC1CCNC1)CCOCC1CC1. The normalized spacial score (nSPS) is 24.7. The van der Waals surface area contributed by atoms with Gasteiger partial charge in [-0.1, -0.05) is 0 Å². The topological polar surface area (TPSA) is 24.5 Å². The van der Waals surface area contributed by atoms with Crippen molar-refractivity contribution in [2.45, 2.75) is 32.1 Å². The Kier molecular flexibility index (Phi) is 5.75. The lowest BCUT2D eigenvalue weighted by molar-refractivity contribution is 0.103. The van der Waals surface area contributed by atoms with Crippen LogP contribution in [0.25, 0.3) is 0 Å². The Balaban J connectivity index is 1.38. The number of nitrogens with zero attached hydrogens (tertiary/aromatic N) is 1. The van der Waals surface area contributed by atoms with Crippen LogP contribution in [0.5, 0.6) is 0 Å². The van der Waals surface area contributed by atoms with Crippen LogP contribution in [0, 0.1) is 11.8 Å². The van der Waals surface area contributed by atoms with Crippen LogP contribution in [0.2, 0.25) is 0 Å². The molecule has 0 spiro atoms. The van der Waals surface area contributed by atoms with Crippen molar-refractivity contribution in [1.29, 1.82) is 0 Å². The molecule has 100 valence electrons. The highest BCUT2D eigenvalue weighted by molar-refractivity contribution is 4.72. The van der Waals surface area contributed by atoms with Crippen LogP contribution < -0.4 is 5.32 Å². The van der Waals surface area contributed by atoms with E-state index in [0.717, 1.165) is 31.6 Å². The lowest BCUT2D eigenvalue weighted by Crippen LogP contribution is -2.25. The molecular weight excluding hydrogens is 212 g/mol. The highest BCUT2D eigenvalue weighted by Crippen LogP contribution is 2.28. The molecule has 1 atom stereocenters. The van der Waals surface area contributed by atoms with E-state index in [0.29, 0.717) is 0 Å². The minimum absolute atomic E-state index is 0.898. The molecule has 0 aromatic heterocycles. The fourth-order valence-corrected chi connectivity index (χ4v) is 2.48. The number of hydrogen-bond acceptors (Lipinski definition) is 3. The van der Waals surface area contributed by atoms with Crippen molar-refractivity contribution in [3.63, 3.8) is 0 Å². The molecule has 1 aliphatic heterocycles. The summed E-state index contributed by atoms with van der Waals surface area (Å²) in [4.78, 5) is 2.41. The van der Waals surface area contributed by atoms with Crippen molar-refractivity contribution >= 4 is 0 Å². The molecule has 1 saturated carbocycles. The number of ether oxygens (including phenoxy) is 1. The van der Waals surface area contributed by atoms with E-state index in [-0.39, 0.29) is 0 Å². The quantitative estimate of drug-likeness (QED) is 0.621. The summed E-state index contributed by atoms with van der Waals surface area (Å²) in [6.45, 7) is 6.71. The van der Waals surface area contributed by atoms with Crippen LogP contribution >= 0.6 is 0 Å². The third-order valence-electron chi connectivity index (χ3n) is 3.98. The van der Waals surface area contributed by atoms with Gasteiger partial charge in [0.2, 0.25) is 0 Å². The summed E-state index contributed by atoms with van der Waals surface area (Å²) < 4.78 is 5.66. The highest BCUT2D eigenvalue weighted by Gasteiger charge is 2.21. The zero-order chi connectivity index (χ0) is 11.9. The molecule has 0 aromatic rings. The second kappa shape index (κ2) is 7.34. The summed E-state index contributed by atoms with van der Waals surface area (Å²) in [5, 5.41) is 3.44. The van der Waals surface area contributed by atoms with Gasteiger partial charge >= 0.3 is 0 Å². The second-order valence-corrected chi connectivity index (χ2v) is 5.82. The molecule has 1 aliphatic carbocycles. The molecule has 0 bridgehead atoms. The molecule has 2 fully saturated rings. The first-order valence-electron chi connectivity index (χ1n) is 7.31. The maximum absolute atomic E-state index is 5.66. The first-order valence-corrected chi connectivity index (χ1v) is 7.31. The van der Waals surface area contributed by atoms with Gasteiger partial charge in [-0.2, -0.15) is 0 Å². The molecular formula is C14H28N2O. The van der Waals surface area contributed by atoms with E-state index >= 15 is 0 Å². The molecule has 3 heteroatoms. The highest BCUT2D eigenvalue weighted by atomic mass is 16.5. The van der Waals surface area contributed by atoms with Gasteiger partial charge in [0.25, 0.3) is 0 Å². The van der Waals surface area contributed by atoms with Gasteiger partial charge < -0.3 is 15.0 Å². The van der Waals surface area contributed by atoms with Gasteiger partial charge in [0.05, 0.1) is 6.61 Å². The average molecular weight is 240 g/mol. The lowest BCUT2D eigenvalue weighted by Gasteiger charge is -2.17. The lowest BCUT2D eigenvalue weighted by atomic mass is 10.0. The Hall–Kier alpha value is -0.120. The predicted octanol–water partition coefficient (Wildman–Crippen LogP) is 1.73. The molecule has 2 aliphatic rings. The molecule has 0 aromatic carbocycles. The zero-order valence-corrected chi connectivity index (χ0v) is 11.3. The molecule has 1 N–H and O–H groups in total. The van der Waals surface area contributed by atoms with Gasteiger partial charge in [0.15, 0.2) is 0 Å². The van der Waals surface area contributed by atoms with Crippen LogP contribution in [0.1, 0.15) is 32.1 Å². The van der Waals surface area contributed by atoms with Crippen LogP contribution in [0.3, 0.4) is 0 Å². The zero-order valence-electron chi connectivity index (χ0n) is 11.3. The van der Waals surface area contributed by atoms with Crippen molar-refractivity contribution in [2.24, 2.45) is 11.8 Å². The Morgan fingerprint density at radius 3 is 2.76 bits per heavy atom. The Bertz CT molecular complexity index is 200. The fraction of sp³-hybridized carbons (Fsp3) is 1.00. The van der Waals surface area contributed by atoms with Crippen molar-refractivity contribution in [2.75, 3.05) is 46.4 Å².